The van der Waals surface area contributed by atoms with Crippen molar-refractivity contribution in [1.29, 1.82) is 4.78 Å². The van der Waals surface area contributed by atoms with Gasteiger partial charge < -0.3 is 4.57 Å². The first-order chi connectivity index (χ1) is 16.8. The molecular weight excluding hydrogens is 505 g/mol. The third kappa shape index (κ3) is 3.92. The minimum Gasteiger partial charge on any atom is -0.310 e. The molecule has 4 aromatic heterocycles. The summed E-state index contributed by atoms with van der Waals surface area (Å²) in [6, 6.07) is 2.53. The van der Waals surface area contributed by atoms with Crippen molar-refractivity contribution in [3.63, 3.8) is 0 Å². The highest BCUT2D eigenvalue weighted by Gasteiger charge is 2.59. The summed E-state index contributed by atoms with van der Waals surface area (Å²) in [5.41, 5.74) is -0.176. The second-order valence-corrected chi connectivity index (χ2v) is 11.0. The third-order valence-corrected chi connectivity index (χ3v) is 7.94. The monoisotopic (exact) mass is 525 g/mol. The van der Waals surface area contributed by atoms with Crippen molar-refractivity contribution in [2.45, 2.75) is 42.8 Å². The van der Waals surface area contributed by atoms with E-state index in [2.05, 4.69) is 20.1 Å². The van der Waals surface area contributed by atoms with Crippen LogP contribution in [0.5, 0.6) is 0 Å². The van der Waals surface area contributed by atoms with Crippen LogP contribution < -0.4 is 0 Å². The van der Waals surface area contributed by atoms with E-state index in [1.807, 2.05) is 10.9 Å². The van der Waals surface area contributed by atoms with Crippen LogP contribution in [0, 0.1) is 4.78 Å². The Bertz CT molecular complexity index is 1590. The SMILES string of the molecule is CCS(=N)(=O)c1cc(-c2cnn(C3CC3)c2)cnc1-c1nc2cc(C(F)(F)C(F)(F)F)cnc2n1C. The van der Waals surface area contributed by atoms with E-state index in [1.165, 1.54) is 17.8 Å². The summed E-state index contributed by atoms with van der Waals surface area (Å²) < 4.78 is 91.1. The van der Waals surface area contributed by atoms with Gasteiger partial charge in [-0.15, -0.1) is 0 Å². The minimum absolute atomic E-state index is 0.0299. The third-order valence-electron chi connectivity index (χ3n) is 6.11. The zero-order valence-electron chi connectivity index (χ0n) is 19.1. The second kappa shape index (κ2) is 8.05. The second-order valence-electron chi connectivity index (χ2n) is 8.61. The van der Waals surface area contributed by atoms with Crippen LogP contribution in [0.15, 0.2) is 41.8 Å². The van der Waals surface area contributed by atoms with Gasteiger partial charge in [0.2, 0.25) is 0 Å². The lowest BCUT2D eigenvalue weighted by Gasteiger charge is -2.19. The number of alkyl halides is 5. The highest BCUT2D eigenvalue weighted by atomic mass is 32.2. The summed E-state index contributed by atoms with van der Waals surface area (Å²) in [6.45, 7) is 1.58. The highest BCUT2D eigenvalue weighted by Crippen LogP contribution is 2.44. The fourth-order valence-corrected chi connectivity index (χ4v) is 4.91. The smallest absolute Gasteiger partial charge is 0.310 e. The average molecular weight is 526 g/mol. The molecule has 1 fully saturated rings. The van der Waals surface area contributed by atoms with Crippen LogP contribution in [-0.2, 0) is 22.7 Å². The summed E-state index contributed by atoms with van der Waals surface area (Å²) in [5, 5.41) is 4.34. The van der Waals surface area contributed by atoms with Crippen LogP contribution in [-0.4, -0.2) is 45.4 Å². The Labute approximate surface area is 202 Å². The Kier molecular flexibility index (Phi) is 5.43. The minimum atomic E-state index is -5.80. The lowest BCUT2D eigenvalue weighted by Crippen LogP contribution is -2.33. The zero-order chi connectivity index (χ0) is 26.0. The molecule has 1 saturated carbocycles. The molecule has 0 aromatic carbocycles. The molecule has 0 amide bonds. The van der Waals surface area contributed by atoms with E-state index in [-0.39, 0.29) is 33.3 Å². The first kappa shape index (κ1) is 24.3. The number of nitrogens with zero attached hydrogens (tertiary/aromatic N) is 6. The number of aryl methyl sites for hydroxylation is 1. The van der Waals surface area contributed by atoms with Gasteiger partial charge in [0.25, 0.3) is 0 Å². The molecule has 0 spiro atoms. The number of rotatable bonds is 6. The normalized spacial score (nSPS) is 16.4. The van der Waals surface area contributed by atoms with E-state index in [9.17, 15) is 26.2 Å². The lowest BCUT2D eigenvalue weighted by atomic mass is 10.1. The van der Waals surface area contributed by atoms with E-state index in [1.54, 1.807) is 19.2 Å². The number of halogens is 5. The van der Waals surface area contributed by atoms with Gasteiger partial charge in [-0.1, -0.05) is 6.92 Å². The number of pyridine rings is 2. The topological polar surface area (TPSA) is 102 Å². The molecule has 14 heteroatoms. The Morgan fingerprint density at radius 3 is 2.44 bits per heavy atom. The standard InChI is InChI=1S/C22H20F5N7OS/c1-3-36(28,35)17-6-12(13-9-31-34(11-13)15-4-5-15)8-29-18(17)20-32-16-7-14(10-30-19(16)33(20)2)21(23,24)22(25,26)27/h6-11,15,28H,3-5H2,1-2H3. The summed E-state index contributed by atoms with van der Waals surface area (Å²) in [7, 11) is -1.86. The largest absolute Gasteiger partial charge is 0.458 e. The van der Waals surface area contributed by atoms with Gasteiger partial charge in [0, 0.05) is 42.5 Å². The average Bonchev–Trinajstić information content (AvgIpc) is 3.47. The molecule has 4 aromatic rings. The van der Waals surface area contributed by atoms with Crippen molar-refractivity contribution in [1.82, 2.24) is 29.3 Å². The van der Waals surface area contributed by atoms with E-state index in [0.717, 1.165) is 18.4 Å². The van der Waals surface area contributed by atoms with Crippen LogP contribution in [0.1, 0.15) is 31.4 Å². The maximum Gasteiger partial charge on any atom is 0.458 e. The molecule has 1 unspecified atom stereocenters. The van der Waals surface area contributed by atoms with Gasteiger partial charge in [0.1, 0.15) is 11.2 Å². The Morgan fingerprint density at radius 1 is 1.08 bits per heavy atom. The predicted octanol–water partition coefficient (Wildman–Crippen LogP) is 5.31. The molecule has 0 saturated heterocycles. The summed E-state index contributed by atoms with van der Waals surface area (Å²) >= 11 is 0. The van der Waals surface area contributed by atoms with Crippen molar-refractivity contribution < 1.29 is 26.2 Å². The zero-order valence-corrected chi connectivity index (χ0v) is 19.9. The van der Waals surface area contributed by atoms with Crippen LogP contribution in [0.25, 0.3) is 33.8 Å². The maximum absolute atomic E-state index is 13.9. The first-order valence-electron chi connectivity index (χ1n) is 10.9. The predicted molar refractivity (Wildman–Crippen MR) is 121 cm³/mol. The number of nitrogens with one attached hydrogen (secondary N) is 1. The van der Waals surface area contributed by atoms with Gasteiger partial charge in [-0.2, -0.15) is 27.1 Å². The van der Waals surface area contributed by atoms with Crippen LogP contribution in [0.4, 0.5) is 22.0 Å². The summed E-state index contributed by atoms with van der Waals surface area (Å²) in [6.07, 6.45) is 1.73. The highest BCUT2D eigenvalue weighted by molar-refractivity contribution is 7.92. The maximum atomic E-state index is 13.9. The van der Waals surface area contributed by atoms with Gasteiger partial charge in [-0.3, -0.25) is 9.67 Å². The van der Waals surface area contributed by atoms with Crippen molar-refractivity contribution in [2.24, 2.45) is 7.05 Å². The lowest BCUT2D eigenvalue weighted by molar-refractivity contribution is -0.289. The Balaban J connectivity index is 1.65. The molecule has 1 atom stereocenters. The molecule has 5 rings (SSSR count). The van der Waals surface area contributed by atoms with Crippen molar-refractivity contribution in [3.05, 3.63) is 42.5 Å². The summed E-state index contributed by atoms with van der Waals surface area (Å²) in [4.78, 5) is 12.4. The molecule has 8 nitrogen and oxygen atoms in total. The van der Waals surface area contributed by atoms with Crippen LogP contribution in [0.2, 0.25) is 0 Å². The number of hydrogen-bond acceptors (Lipinski definition) is 6. The quantitative estimate of drug-likeness (QED) is 0.344. The summed E-state index contributed by atoms with van der Waals surface area (Å²) in [5.74, 6) is -5.11. The Morgan fingerprint density at radius 2 is 1.81 bits per heavy atom. The fourth-order valence-electron chi connectivity index (χ4n) is 3.83. The van der Waals surface area contributed by atoms with Crippen LogP contribution in [0.3, 0.4) is 0 Å². The number of imidazole rings is 1. The number of hydrogen-bond donors (Lipinski definition) is 1. The van der Waals surface area contributed by atoms with Crippen LogP contribution >= 0.6 is 0 Å². The number of fused-ring (bicyclic) bond motifs is 1. The van der Waals surface area contributed by atoms with Crippen molar-refractivity contribution in [3.8, 4) is 22.6 Å². The van der Waals surface area contributed by atoms with E-state index in [4.69, 9.17) is 4.78 Å². The van der Waals surface area contributed by atoms with Gasteiger partial charge in [0.15, 0.2) is 11.5 Å². The molecule has 1 N–H and O–H groups in total. The van der Waals surface area contributed by atoms with E-state index < -0.39 is 27.4 Å². The molecule has 36 heavy (non-hydrogen) atoms. The van der Waals surface area contributed by atoms with E-state index in [0.29, 0.717) is 23.9 Å². The number of aromatic nitrogens is 6. The van der Waals surface area contributed by atoms with Crippen molar-refractivity contribution >= 4 is 20.9 Å². The van der Waals surface area contributed by atoms with Gasteiger partial charge in [-0.05, 0) is 25.0 Å². The molecule has 4 heterocycles. The molecular formula is C22H20F5N7OS. The fraction of sp³-hybridized carbons (Fsp3) is 0.364. The first-order valence-corrected chi connectivity index (χ1v) is 12.6. The molecule has 0 aliphatic heterocycles. The Hall–Kier alpha value is -3.42. The van der Waals surface area contributed by atoms with E-state index >= 15 is 0 Å². The molecule has 1 aliphatic rings. The molecule has 1 aliphatic carbocycles. The van der Waals surface area contributed by atoms with Gasteiger partial charge >= 0.3 is 12.1 Å². The molecule has 190 valence electrons. The van der Waals surface area contributed by atoms with Crippen molar-refractivity contribution in [2.75, 3.05) is 5.75 Å². The molecule has 0 radical (unpaired) electrons. The van der Waals surface area contributed by atoms with Gasteiger partial charge in [0.05, 0.1) is 32.4 Å². The molecule has 0 bridgehead atoms. The van der Waals surface area contributed by atoms with Gasteiger partial charge in [-0.25, -0.2) is 19.0 Å².